The Hall–Kier alpha value is -2.21. The molecule has 0 atom stereocenters. The van der Waals surface area contributed by atoms with E-state index in [1.54, 1.807) is 12.1 Å². The lowest BCUT2D eigenvalue weighted by molar-refractivity contribution is -0.149. The fraction of sp³-hybridized carbons (Fsp3) is 0.375. The standard InChI is InChI=1S/C16H17FN2O3/c1-21-10-16(20)22-9-14-13-3-2-4-15(13)19(18-14)12-7-5-11(17)6-8-12/h5-8H,2-4,9-10H2,1H3. The zero-order valence-electron chi connectivity index (χ0n) is 12.3. The van der Waals surface area contributed by atoms with Crippen LogP contribution in [0.3, 0.4) is 0 Å². The van der Waals surface area contributed by atoms with Crippen LogP contribution in [0.4, 0.5) is 4.39 Å². The van der Waals surface area contributed by atoms with Crippen molar-refractivity contribution in [2.24, 2.45) is 0 Å². The van der Waals surface area contributed by atoms with Crippen LogP contribution in [-0.2, 0) is 33.7 Å². The molecule has 1 aliphatic rings. The Balaban J connectivity index is 1.85. The minimum absolute atomic E-state index is 0.0686. The van der Waals surface area contributed by atoms with Crippen molar-refractivity contribution in [1.29, 1.82) is 0 Å². The maximum atomic E-state index is 13.1. The Morgan fingerprint density at radius 1 is 1.32 bits per heavy atom. The van der Waals surface area contributed by atoms with Gasteiger partial charge in [-0.1, -0.05) is 0 Å². The van der Waals surface area contributed by atoms with Gasteiger partial charge in [-0.15, -0.1) is 0 Å². The summed E-state index contributed by atoms with van der Waals surface area (Å²) in [6, 6.07) is 6.22. The van der Waals surface area contributed by atoms with Crippen molar-refractivity contribution in [2.75, 3.05) is 13.7 Å². The highest BCUT2D eigenvalue weighted by Gasteiger charge is 2.23. The third-order valence-corrected chi connectivity index (χ3v) is 3.72. The molecule has 22 heavy (non-hydrogen) atoms. The molecule has 2 aromatic rings. The molecule has 0 unspecified atom stereocenters. The highest BCUT2D eigenvalue weighted by atomic mass is 19.1. The van der Waals surface area contributed by atoms with E-state index in [-0.39, 0.29) is 19.0 Å². The number of nitrogens with zero attached hydrogens (tertiary/aromatic N) is 2. The van der Waals surface area contributed by atoms with Crippen LogP contribution >= 0.6 is 0 Å². The quantitative estimate of drug-likeness (QED) is 0.795. The van der Waals surface area contributed by atoms with Crippen LogP contribution in [0, 0.1) is 5.82 Å². The molecule has 1 aromatic heterocycles. The fourth-order valence-electron chi connectivity index (χ4n) is 2.73. The van der Waals surface area contributed by atoms with Gasteiger partial charge in [0.15, 0.2) is 0 Å². The minimum atomic E-state index is -0.412. The summed E-state index contributed by atoms with van der Waals surface area (Å²) < 4.78 is 24.8. The zero-order valence-corrected chi connectivity index (χ0v) is 12.3. The molecule has 0 spiro atoms. The van der Waals surface area contributed by atoms with E-state index in [4.69, 9.17) is 9.47 Å². The number of esters is 1. The molecule has 0 saturated heterocycles. The first-order valence-electron chi connectivity index (χ1n) is 7.19. The number of hydrogen-bond donors (Lipinski definition) is 0. The Morgan fingerprint density at radius 3 is 2.82 bits per heavy atom. The zero-order chi connectivity index (χ0) is 15.5. The van der Waals surface area contributed by atoms with E-state index >= 15 is 0 Å². The van der Waals surface area contributed by atoms with Gasteiger partial charge in [-0.2, -0.15) is 5.10 Å². The predicted octanol–water partition coefficient (Wildman–Crippen LogP) is 2.19. The van der Waals surface area contributed by atoms with Crippen LogP contribution in [0.25, 0.3) is 5.69 Å². The fourth-order valence-corrected chi connectivity index (χ4v) is 2.73. The third kappa shape index (κ3) is 2.87. The monoisotopic (exact) mass is 304 g/mol. The number of rotatable bonds is 5. The van der Waals surface area contributed by atoms with Crippen molar-refractivity contribution in [2.45, 2.75) is 25.9 Å². The normalized spacial score (nSPS) is 13.2. The number of hydrogen-bond acceptors (Lipinski definition) is 4. The van der Waals surface area contributed by atoms with Crippen molar-refractivity contribution in [1.82, 2.24) is 9.78 Å². The van der Waals surface area contributed by atoms with Crippen LogP contribution in [0.5, 0.6) is 0 Å². The third-order valence-electron chi connectivity index (χ3n) is 3.72. The van der Waals surface area contributed by atoms with Gasteiger partial charge in [-0.25, -0.2) is 13.9 Å². The average molecular weight is 304 g/mol. The van der Waals surface area contributed by atoms with E-state index in [9.17, 15) is 9.18 Å². The molecular weight excluding hydrogens is 287 g/mol. The summed E-state index contributed by atoms with van der Waals surface area (Å²) in [7, 11) is 1.45. The van der Waals surface area contributed by atoms with E-state index < -0.39 is 5.97 Å². The molecule has 1 aromatic carbocycles. The molecule has 5 nitrogen and oxygen atoms in total. The van der Waals surface area contributed by atoms with E-state index in [0.717, 1.165) is 41.9 Å². The molecule has 0 bridgehead atoms. The lowest BCUT2D eigenvalue weighted by Crippen LogP contribution is -2.11. The highest BCUT2D eigenvalue weighted by Crippen LogP contribution is 2.28. The van der Waals surface area contributed by atoms with E-state index in [1.165, 1.54) is 19.2 Å². The van der Waals surface area contributed by atoms with Gasteiger partial charge in [-0.3, -0.25) is 0 Å². The van der Waals surface area contributed by atoms with Gasteiger partial charge in [-0.05, 0) is 43.5 Å². The molecular formula is C16H17FN2O3. The van der Waals surface area contributed by atoms with Crippen LogP contribution in [0.2, 0.25) is 0 Å². The maximum Gasteiger partial charge on any atom is 0.332 e. The highest BCUT2D eigenvalue weighted by molar-refractivity contribution is 5.70. The van der Waals surface area contributed by atoms with Crippen molar-refractivity contribution < 1.29 is 18.7 Å². The predicted molar refractivity (Wildman–Crippen MR) is 77.2 cm³/mol. The van der Waals surface area contributed by atoms with Crippen molar-refractivity contribution in [3.8, 4) is 5.69 Å². The second-order valence-electron chi connectivity index (χ2n) is 5.21. The first-order valence-corrected chi connectivity index (χ1v) is 7.19. The van der Waals surface area contributed by atoms with Gasteiger partial charge in [0, 0.05) is 18.4 Å². The first kappa shape index (κ1) is 14.7. The molecule has 3 rings (SSSR count). The SMILES string of the molecule is COCC(=O)OCc1nn(-c2ccc(F)cc2)c2c1CCC2. The topological polar surface area (TPSA) is 53.4 Å². The molecule has 0 saturated carbocycles. The molecule has 1 aliphatic carbocycles. The number of carbonyl (C=O) groups is 1. The summed E-state index contributed by atoms with van der Waals surface area (Å²) in [4.78, 5) is 11.4. The number of methoxy groups -OCH3 is 1. The summed E-state index contributed by atoms with van der Waals surface area (Å²) in [6.07, 6.45) is 2.90. The first-order chi connectivity index (χ1) is 10.7. The van der Waals surface area contributed by atoms with Crippen molar-refractivity contribution in [3.05, 3.63) is 47.0 Å². The van der Waals surface area contributed by atoms with E-state index in [1.807, 2.05) is 4.68 Å². The second kappa shape index (κ2) is 6.27. The van der Waals surface area contributed by atoms with Crippen LogP contribution in [-0.4, -0.2) is 29.5 Å². The second-order valence-corrected chi connectivity index (χ2v) is 5.21. The lowest BCUT2D eigenvalue weighted by atomic mass is 10.2. The van der Waals surface area contributed by atoms with Crippen LogP contribution in [0.1, 0.15) is 23.4 Å². The molecule has 0 radical (unpaired) electrons. The summed E-state index contributed by atoms with van der Waals surface area (Å²) in [5.74, 6) is -0.688. The number of fused-ring (bicyclic) bond motifs is 1. The molecule has 0 fully saturated rings. The number of benzene rings is 1. The van der Waals surface area contributed by atoms with Gasteiger partial charge in [0.2, 0.25) is 0 Å². The molecule has 116 valence electrons. The van der Waals surface area contributed by atoms with Crippen LogP contribution < -0.4 is 0 Å². The smallest absolute Gasteiger partial charge is 0.332 e. The van der Waals surface area contributed by atoms with Gasteiger partial charge in [0.25, 0.3) is 0 Å². The summed E-state index contributed by atoms with van der Waals surface area (Å²) in [5.41, 5.74) is 3.83. The van der Waals surface area contributed by atoms with Gasteiger partial charge in [0.1, 0.15) is 24.7 Å². The Labute approximate surface area is 127 Å². The lowest BCUT2D eigenvalue weighted by Gasteiger charge is -2.05. The Bertz CT molecular complexity index is 679. The molecule has 6 heteroatoms. The number of halogens is 1. The Morgan fingerprint density at radius 2 is 2.09 bits per heavy atom. The average Bonchev–Trinajstić information content (AvgIpc) is 3.09. The van der Waals surface area contributed by atoms with Crippen molar-refractivity contribution >= 4 is 5.97 Å². The number of aromatic nitrogens is 2. The van der Waals surface area contributed by atoms with Crippen LogP contribution in [0.15, 0.2) is 24.3 Å². The Kier molecular flexibility index (Phi) is 4.20. The summed E-state index contributed by atoms with van der Waals surface area (Å²) in [6.45, 7) is 0.0690. The number of carbonyl (C=O) groups excluding carboxylic acids is 1. The van der Waals surface area contributed by atoms with Gasteiger partial charge in [0.05, 0.1) is 5.69 Å². The largest absolute Gasteiger partial charge is 0.457 e. The molecule has 0 N–H and O–H groups in total. The molecule has 0 amide bonds. The van der Waals surface area contributed by atoms with E-state index in [0.29, 0.717) is 0 Å². The number of ether oxygens (including phenoxy) is 2. The van der Waals surface area contributed by atoms with Crippen molar-refractivity contribution in [3.63, 3.8) is 0 Å². The van der Waals surface area contributed by atoms with Gasteiger partial charge < -0.3 is 9.47 Å². The maximum absolute atomic E-state index is 13.1. The molecule has 0 aliphatic heterocycles. The molecule has 1 heterocycles. The summed E-state index contributed by atoms with van der Waals surface area (Å²) >= 11 is 0. The van der Waals surface area contributed by atoms with Gasteiger partial charge >= 0.3 is 5.97 Å². The summed E-state index contributed by atoms with van der Waals surface area (Å²) in [5, 5.41) is 4.54. The van der Waals surface area contributed by atoms with E-state index in [2.05, 4.69) is 5.10 Å². The minimum Gasteiger partial charge on any atom is -0.457 e.